The van der Waals surface area contributed by atoms with Gasteiger partial charge in [0.2, 0.25) is 0 Å². The number of aliphatic hydroxyl groups excluding tert-OH is 2. The summed E-state index contributed by atoms with van der Waals surface area (Å²) in [5, 5.41) is 31.4. The predicted octanol–water partition coefficient (Wildman–Crippen LogP) is 1.84. The quantitative estimate of drug-likeness (QED) is 0.597. The maximum absolute atomic E-state index is 13.2. The fraction of sp³-hybridized carbons (Fsp3) is 0.222. The van der Waals surface area contributed by atoms with Crippen LogP contribution in [0.1, 0.15) is 27.6 Å². The van der Waals surface area contributed by atoms with Gasteiger partial charge in [0.05, 0.1) is 5.56 Å². The summed E-state index contributed by atoms with van der Waals surface area (Å²) >= 11 is 0. The molecule has 1 amide bonds. The van der Waals surface area contributed by atoms with Gasteiger partial charge in [0.15, 0.2) is 0 Å². The topological polar surface area (TPSA) is 116 Å². The Hall–Kier alpha value is -2.97. The van der Waals surface area contributed by atoms with Crippen LogP contribution in [0.5, 0.6) is 0 Å². The first-order chi connectivity index (χ1) is 12.4. The van der Waals surface area contributed by atoms with Gasteiger partial charge in [-0.3, -0.25) is 0 Å². The molecule has 7 nitrogen and oxygen atoms in total. The molecule has 0 spiro atoms. The molecule has 26 heavy (non-hydrogen) atoms. The van der Waals surface area contributed by atoms with Crippen LogP contribution < -0.4 is 5.32 Å². The Morgan fingerprint density at radius 1 is 1.12 bits per heavy atom. The number of amides is 1. The van der Waals surface area contributed by atoms with E-state index in [1.807, 2.05) is 6.07 Å². The van der Waals surface area contributed by atoms with Crippen molar-refractivity contribution in [1.29, 1.82) is 0 Å². The van der Waals surface area contributed by atoms with Gasteiger partial charge in [-0.05, 0) is 23.3 Å². The highest BCUT2D eigenvalue weighted by molar-refractivity contribution is 5.89. The van der Waals surface area contributed by atoms with Crippen LogP contribution in [0.4, 0.5) is 9.18 Å². The number of hydrogen-bond donors (Lipinski definition) is 4. The molecule has 0 heterocycles. The van der Waals surface area contributed by atoms with Crippen molar-refractivity contribution in [2.45, 2.75) is 18.8 Å². The summed E-state index contributed by atoms with van der Waals surface area (Å²) in [5.74, 6) is -2.23. The highest BCUT2D eigenvalue weighted by atomic mass is 19.1. The van der Waals surface area contributed by atoms with E-state index in [4.69, 9.17) is 9.84 Å². The molecule has 0 saturated heterocycles. The number of carbonyl (C=O) groups excluding carboxylic acids is 1. The molecule has 2 aromatic carbocycles. The Morgan fingerprint density at radius 2 is 1.81 bits per heavy atom. The van der Waals surface area contributed by atoms with E-state index in [9.17, 15) is 24.2 Å². The summed E-state index contributed by atoms with van der Waals surface area (Å²) in [4.78, 5) is 22.8. The minimum atomic E-state index is -1.63. The Labute approximate surface area is 148 Å². The minimum absolute atomic E-state index is 0.0342. The lowest BCUT2D eigenvalue weighted by Crippen LogP contribution is -2.36. The van der Waals surface area contributed by atoms with Crippen molar-refractivity contribution < 1.29 is 34.0 Å². The number of rotatable bonds is 7. The van der Waals surface area contributed by atoms with Crippen LogP contribution in [-0.2, 0) is 11.3 Å². The Bertz CT molecular complexity index is 768. The molecule has 0 aromatic heterocycles. The molecule has 2 atom stereocenters. The lowest BCUT2D eigenvalue weighted by atomic mass is 9.98. The third-order valence-electron chi connectivity index (χ3n) is 3.60. The van der Waals surface area contributed by atoms with Crippen LogP contribution >= 0.6 is 0 Å². The first kappa shape index (κ1) is 19.4. The van der Waals surface area contributed by atoms with E-state index < -0.39 is 35.7 Å². The average molecular weight is 363 g/mol. The van der Waals surface area contributed by atoms with Crippen molar-refractivity contribution in [1.82, 2.24) is 5.32 Å². The van der Waals surface area contributed by atoms with Gasteiger partial charge in [0.25, 0.3) is 0 Å². The second-order valence-corrected chi connectivity index (χ2v) is 5.49. The van der Waals surface area contributed by atoms with Crippen LogP contribution in [0.25, 0.3) is 0 Å². The van der Waals surface area contributed by atoms with Crippen LogP contribution in [-0.4, -0.2) is 40.0 Å². The summed E-state index contributed by atoms with van der Waals surface area (Å²) in [7, 11) is 0. The van der Waals surface area contributed by atoms with Gasteiger partial charge >= 0.3 is 12.1 Å². The number of carboxylic acid groups (broad SMARTS) is 1. The lowest BCUT2D eigenvalue weighted by molar-refractivity contribution is 0.0173. The van der Waals surface area contributed by atoms with E-state index in [1.54, 1.807) is 24.3 Å². The SMILES string of the molecule is O=C(NCC(O)C(O)c1ccc(F)cc1C(=O)O)OCc1ccccc1. The molecule has 2 rings (SSSR count). The van der Waals surface area contributed by atoms with Gasteiger partial charge in [0.1, 0.15) is 24.6 Å². The third-order valence-corrected chi connectivity index (χ3v) is 3.60. The van der Waals surface area contributed by atoms with E-state index in [1.165, 1.54) is 0 Å². The Kier molecular flexibility index (Phi) is 6.65. The summed E-state index contributed by atoms with van der Waals surface area (Å²) in [5.41, 5.74) is 0.148. The van der Waals surface area contributed by atoms with Gasteiger partial charge < -0.3 is 25.4 Å². The predicted molar refractivity (Wildman–Crippen MR) is 89.0 cm³/mol. The van der Waals surface area contributed by atoms with Gasteiger partial charge in [-0.25, -0.2) is 14.0 Å². The molecule has 2 unspecified atom stereocenters. The molecular formula is C18H18FNO6. The molecule has 0 aliphatic carbocycles. The van der Waals surface area contributed by atoms with Gasteiger partial charge in [-0.15, -0.1) is 0 Å². The van der Waals surface area contributed by atoms with Crippen LogP contribution in [0.3, 0.4) is 0 Å². The number of benzene rings is 2. The van der Waals surface area contributed by atoms with E-state index in [0.29, 0.717) is 0 Å². The number of aliphatic hydroxyl groups is 2. The van der Waals surface area contributed by atoms with Crippen LogP contribution in [0, 0.1) is 5.82 Å². The van der Waals surface area contributed by atoms with E-state index >= 15 is 0 Å². The number of alkyl carbamates (subject to hydrolysis) is 1. The molecule has 0 aliphatic rings. The largest absolute Gasteiger partial charge is 0.478 e. The zero-order valence-corrected chi connectivity index (χ0v) is 13.6. The van der Waals surface area contributed by atoms with E-state index in [2.05, 4.69) is 5.32 Å². The second-order valence-electron chi connectivity index (χ2n) is 5.49. The third kappa shape index (κ3) is 5.27. The number of aromatic carboxylic acids is 1. The van der Waals surface area contributed by atoms with Gasteiger partial charge in [-0.2, -0.15) is 0 Å². The highest BCUT2D eigenvalue weighted by Gasteiger charge is 2.24. The van der Waals surface area contributed by atoms with Crippen molar-refractivity contribution in [3.63, 3.8) is 0 Å². The number of carbonyl (C=O) groups is 2. The highest BCUT2D eigenvalue weighted by Crippen LogP contribution is 2.22. The van der Waals surface area contributed by atoms with Gasteiger partial charge in [-0.1, -0.05) is 36.4 Å². The first-order valence-electron chi connectivity index (χ1n) is 7.72. The number of hydrogen-bond acceptors (Lipinski definition) is 5. The van der Waals surface area contributed by atoms with E-state index in [-0.39, 0.29) is 18.7 Å². The number of halogens is 1. The monoisotopic (exact) mass is 363 g/mol. The summed E-state index contributed by atoms with van der Waals surface area (Å²) in [6, 6.07) is 11.7. The Morgan fingerprint density at radius 3 is 2.46 bits per heavy atom. The van der Waals surface area contributed by atoms with Crippen molar-refractivity contribution in [2.75, 3.05) is 6.54 Å². The summed E-state index contributed by atoms with van der Waals surface area (Å²) in [6.07, 6.45) is -3.95. The molecule has 8 heteroatoms. The van der Waals surface area contributed by atoms with Gasteiger partial charge in [0, 0.05) is 6.54 Å². The summed E-state index contributed by atoms with van der Waals surface area (Å²) in [6.45, 7) is -0.350. The lowest BCUT2D eigenvalue weighted by Gasteiger charge is -2.20. The molecule has 0 aliphatic heterocycles. The van der Waals surface area contributed by atoms with Crippen molar-refractivity contribution in [3.05, 3.63) is 71.0 Å². The number of nitrogens with one attached hydrogen (secondary N) is 1. The van der Waals surface area contributed by atoms with E-state index in [0.717, 1.165) is 23.8 Å². The molecule has 2 aromatic rings. The second kappa shape index (κ2) is 8.93. The number of ether oxygens (including phenoxy) is 1. The van der Waals surface area contributed by atoms with Crippen LogP contribution in [0.2, 0.25) is 0 Å². The maximum Gasteiger partial charge on any atom is 0.407 e. The average Bonchev–Trinajstić information content (AvgIpc) is 2.64. The number of carboxylic acids is 1. The van der Waals surface area contributed by atoms with Crippen LogP contribution in [0.15, 0.2) is 48.5 Å². The molecule has 0 fully saturated rings. The molecule has 0 radical (unpaired) electrons. The minimum Gasteiger partial charge on any atom is -0.478 e. The standard InChI is InChI=1S/C18H18FNO6/c19-12-6-7-13(14(8-12)17(23)24)16(22)15(21)9-20-18(25)26-10-11-4-2-1-3-5-11/h1-8,15-16,21-22H,9-10H2,(H,20,25)(H,23,24). The maximum atomic E-state index is 13.2. The fourth-order valence-electron chi connectivity index (χ4n) is 2.25. The normalized spacial score (nSPS) is 12.9. The molecular weight excluding hydrogens is 345 g/mol. The first-order valence-corrected chi connectivity index (χ1v) is 7.72. The zero-order valence-electron chi connectivity index (χ0n) is 13.6. The van der Waals surface area contributed by atoms with Crippen molar-refractivity contribution in [3.8, 4) is 0 Å². The summed E-state index contributed by atoms with van der Waals surface area (Å²) < 4.78 is 18.1. The zero-order chi connectivity index (χ0) is 19.1. The molecule has 0 bridgehead atoms. The fourth-order valence-corrected chi connectivity index (χ4v) is 2.25. The molecule has 138 valence electrons. The Balaban J connectivity index is 1.90. The molecule has 4 N–H and O–H groups in total. The smallest absolute Gasteiger partial charge is 0.407 e. The van der Waals surface area contributed by atoms with Crippen molar-refractivity contribution in [2.24, 2.45) is 0 Å². The molecule has 0 saturated carbocycles. The van der Waals surface area contributed by atoms with Crippen molar-refractivity contribution >= 4 is 12.1 Å².